The zero-order valence-electron chi connectivity index (χ0n) is 13.5. The van der Waals surface area contributed by atoms with Gasteiger partial charge in [0.1, 0.15) is 5.69 Å². The van der Waals surface area contributed by atoms with Crippen LogP contribution in [0.2, 0.25) is 0 Å². The Hall–Kier alpha value is -0.680. The minimum absolute atomic E-state index is 0.155. The van der Waals surface area contributed by atoms with Crippen LogP contribution in [-0.4, -0.2) is 39.1 Å². The van der Waals surface area contributed by atoms with Gasteiger partial charge in [-0.25, -0.2) is 0 Å². The Kier molecular flexibility index (Phi) is 5.25. The molecule has 1 fully saturated rings. The summed E-state index contributed by atoms with van der Waals surface area (Å²) in [6, 6.07) is 0.176. The lowest BCUT2D eigenvalue weighted by atomic mass is 9.93. The van der Waals surface area contributed by atoms with E-state index in [4.69, 9.17) is 0 Å². The van der Waals surface area contributed by atoms with E-state index in [2.05, 4.69) is 39.8 Å². The second-order valence-corrected chi connectivity index (χ2v) is 7.52. The molecule has 1 aromatic rings. The van der Waals surface area contributed by atoms with Gasteiger partial charge in [-0.05, 0) is 69.6 Å². The van der Waals surface area contributed by atoms with E-state index in [1.165, 1.54) is 25.7 Å². The molecule has 0 amide bonds. The number of aromatic nitrogens is 2. The number of hydrogen-bond donors (Lipinski definition) is 0. The van der Waals surface area contributed by atoms with E-state index in [9.17, 15) is 4.79 Å². The Morgan fingerprint density at radius 1 is 1.24 bits per heavy atom. The highest BCUT2D eigenvalue weighted by molar-refractivity contribution is 9.10. The fourth-order valence-corrected chi connectivity index (χ4v) is 3.46. The highest BCUT2D eigenvalue weighted by atomic mass is 79.9. The number of carbonyl (C=O) groups is 1. The largest absolute Gasteiger partial charge is 0.291 e. The van der Waals surface area contributed by atoms with E-state index in [-0.39, 0.29) is 11.8 Å². The third-order valence-electron chi connectivity index (χ3n) is 4.41. The Labute approximate surface area is 136 Å². The van der Waals surface area contributed by atoms with Gasteiger partial charge >= 0.3 is 0 Å². The summed E-state index contributed by atoms with van der Waals surface area (Å²) >= 11 is 3.50. The van der Waals surface area contributed by atoms with Gasteiger partial charge in [0, 0.05) is 6.04 Å². The zero-order valence-corrected chi connectivity index (χ0v) is 15.1. The van der Waals surface area contributed by atoms with Crippen LogP contribution >= 0.6 is 15.9 Å². The van der Waals surface area contributed by atoms with Crippen molar-refractivity contribution in [3.8, 4) is 0 Å². The summed E-state index contributed by atoms with van der Waals surface area (Å²) in [6.45, 7) is 10.2. The van der Waals surface area contributed by atoms with Crippen LogP contribution in [-0.2, 0) is 0 Å². The number of hydrogen-bond acceptors (Lipinski definition) is 3. The first kappa shape index (κ1) is 16.7. The molecule has 2 heterocycles. The number of carbonyl (C=O) groups excluding carboxylic acids is 1. The molecule has 1 saturated heterocycles. The number of nitrogens with zero attached hydrogens (tertiary/aromatic N) is 3. The smallest absolute Gasteiger partial charge is 0.201 e. The molecular formula is C16H26BrN3O. The number of likely N-dealkylation sites (tertiary alicyclic amines) is 1. The van der Waals surface area contributed by atoms with Crippen molar-refractivity contribution >= 4 is 21.7 Å². The molecule has 0 spiro atoms. The van der Waals surface area contributed by atoms with Crippen LogP contribution in [0.5, 0.6) is 0 Å². The topological polar surface area (TPSA) is 38.1 Å². The van der Waals surface area contributed by atoms with Crippen molar-refractivity contribution in [1.29, 1.82) is 0 Å². The van der Waals surface area contributed by atoms with Crippen LogP contribution in [0.4, 0.5) is 0 Å². The molecule has 0 radical (unpaired) electrons. The Bertz CT molecular complexity index is 500. The number of rotatable bonds is 4. The molecule has 0 N–H and O–H groups in total. The maximum atomic E-state index is 13.2. The molecule has 21 heavy (non-hydrogen) atoms. The molecule has 0 aliphatic carbocycles. The number of Topliss-reactive ketones (excluding diaryl/α,β-unsaturated/α-hetero) is 1. The first-order chi connectivity index (χ1) is 9.85. The molecule has 0 saturated carbocycles. The van der Waals surface area contributed by atoms with E-state index in [1.807, 2.05) is 18.5 Å². The van der Waals surface area contributed by atoms with Crippen molar-refractivity contribution < 1.29 is 4.79 Å². The lowest BCUT2D eigenvalue weighted by Gasteiger charge is -2.36. The van der Waals surface area contributed by atoms with Crippen LogP contribution < -0.4 is 0 Å². The number of ketones is 1. The van der Waals surface area contributed by atoms with Crippen molar-refractivity contribution in [2.24, 2.45) is 0 Å². The van der Waals surface area contributed by atoms with Crippen LogP contribution in [0.1, 0.15) is 69.9 Å². The predicted octanol–water partition coefficient (Wildman–Crippen LogP) is 4.06. The summed E-state index contributed by atoms with van der Waals surface area (Å²) in [6.07, 6.45) is 6.64. The van der Waals surface area contributed by atoms with Gasteiger partial charge < -0.3 is 0 Å². The summed E-state index contributed by atoms with van der Waals surface area (Å²) in [5.41, 5.74) is 0.207. The maximum Gasteiger partial charge on any atom is 0.201 e. The summed E-state index contributed by atoms with van der Waals surface area (Å²) in [7, 11) is 0. The summed E-state index contributed by atoms with van der Waals surface area (Å²) < 4.78 is 2.62. The molecule has 5 heteroatoms. The molecule has 0 bridgehead atoms. The second kappa shape index (κ2) is 6.61. The van der Waals surface area contributed by atoms with Crippen molar-refractivity contribution in [1.82, 2.24) is 14.7 Å². The van der Waals surface area contributed by atoms with Gasteiger partial charge in [0.05, 0.1) is 16.2 Å². The van der Waals surface area contributed by atoms with E-state index in [1.54, 1.807) is 6.20 Å². The molecular weight excluding hydrogens is 330 g/mol. The quantitative estimate of drug-likeness (QED) is 0.764. The SMILES string of the molecule is CC(C)n1ncc(Br)c1C(=O)C(C)(C)N1CCCCCC1. The third-order valence-corrected chi connectivity index (χ3v) is 4.99. The minimum Gasteiger partial charge on any atom is -0.291 e. The number of halogens is 1. The summed E-state index contributed by atoms with van der Waals surface area (Å²) in [5, 5.41) is 4.34. The van der Waals surface area contributed by atoms with Gasteiger partial charge in [-0.1, -0.05) is 12.8 Å². The Morgan fingerprint density at radius 3 is 2.33 bits per heavy atom. The third kappa shape index (κ3) is 3.39. The molecule has 1 aliphatic heterocycles. The average molecular weight is 356 g/mol. The van der Waals surface area contributed by atoms with E-state index < -0.39 is 5.54 Å². The Balaban J connectivity index is 2.31. The average Bonchev–Trinajstić information content (AvgIpc) is 2.65. The van der Waals surface area contributed by atoms with Gasteiger partial charge in [-0.15, -0.1) is 0 Å². The van der Waals surface area contributed by atoms with Gasteiger partial charge in [0.2, 0.25) is 5.78 Å². The molecule has 118 valence electrons. The van der Waals surface area contributed by atoms with E-state index in [0.29, 0.717) is 5.69 Å². The standard InChI is InChI=1S/C16H26BrN3O/c1-12(2)20-14(13(17)11-18-20)15(21)16(3,4)19-9-7-5-6-8-10-19/h11-12H,5-10H2,1-4H3. The predicted molar refractivity (Wildman–Crippen MR) is 88.8 cm³/mol. The normalized spacial score (nSPS) is 18.0. The van der Waals surface area contributed by atoms with Crippen LogP contribution in [0.15, 0.2) is 10.7 Å². The van der Waals surface area contributed by atoms with Gasteiger partial charge in [-0.3, -0.25) is 14.4 Å². The van der Waals surface area contributed by atoms with Crippen LogP contribution in [0.3, 0.4) is 0 Å². The lowest BCUT2D eigenvalue weighted by molar-refractivity contribution is 0.0635. The maximum absolute atomic E-state index is 13.2. The fourth-order valence-electron chi connectivity index (χ4n) is 3.01. The zero-order chi connectivity index (χ0) is 15.6. The minimum atomic E-state index is -0.487. The molecule has 1 aromatic heterocycles. The van der Waals surface area contributed by atoms with E-state index >= 15 is 0 Å². The van der Waals surface area contributed by atoms with Gasteiger partial charge in [-0.2, -0.15) is 5.10 Å². The van der Waals surface area contributed by atoms with E-state index in [0.717, 1.165) is 17.6 Å². The molecule has 0 unspecified atom stereocenters. The second-order valence-electron chi connectivity index (χ2n) is 6.67. The van der Waals surface area contributed by atoms with Gasteiger partial charge in [0.15, 0.2) is 0 Å². The fraction of sp³-hybridized carbons (Fsp3) is 0.750. The highest BCUT2D eigenvalue weighted by Gasteiger charge is 2.38. The first-order valence-corrected chi connectivity index (χ1v) is 8.68. The molecule has 1 aliphatic rings. The van der Waals surface area contributed by atoms with Gasteiger partial charge in [0.25, 0.3) is 0 Å². The van der Waals surface area contributed by atoms with Crippen LogP contribution in [0.25, 0.3) is 0 Å². The monoisotopic (exact) mass is 355 g/mol. The lowest BCUT2D eigenvalue weighted by Crippen LogP contribution is -2.51. The van der Waals surface area contributed by atoms with Crippen LogP contribution in [0, 0.1) is 0 Å². The van der Waals surface area contributed by atoms with Crippen molar-refractivity contribution in [3.05, 3.63) is 16.4 Å². The van der Waals surface area contributed by atoms with Crippen molar-refractivity contribution in [2.45, 2.75) is 65.0 Å². The Morgan fingerprint density at radius 2 is 1.81 bits per heavy atom. The molecule has 0 aromatic carbocycles. The highest BCUT2D eigenvalue weighted by Crippen LogP contribution is 2.29. The molecule has 4 nitrogen and oxygen atoms in total. The molecule has 2 rings (SSSR count). The van der Waals surface area contributed by atoms with Crippen molar-refractivity contribution in [3.63, 3.8) is 0 Å². The summed E-state index contributed by atoms with van der Waals surface area (Å²) in [4.78, 5) is 15.5. The summed E-state index contributed by atoms with van der Waals surface area (Å²) in [5.74, 6) is 0.155. The molecule has 0 atom stereocenters. The van der Waals surface area contributed by atoms with Crippen molar-refractivity contribution in [2.75, 3.05) is 13.1 Å². The first-order valence-electron chi connectivity index (χ1n) is 7.88.